The second kappa shape index (κ2) is 8.84. The fraction of sp³-hybridized carbons (Fsp3) is 0.176. The predicted molar refractivity (Wildman–Crippen MR) is 101 cm³/mol. The molecule has 0 aliphatic heterocycles. The van der Waals surface area contributed by atoms with Crippen molar-refractivity contribution < 1.29 is 14.3 Å². The van der Waals surface area contributed by atoms with E-state index in [2.05, 4.69) is 42.4 Å². The molecule has 24 heavy (non-hydrogen) atoms. The van der Waals surface area contributed by atoms with E-state index in [4.69, 9.17) is 9.47 Å². The Morgan fingerprint density at radius 2 is 1.96 bits per heavy atom. The molecule has 2 aromatic carbocycles. The average Bonchev–Trinajstić information content (AvgIpc) is 2.54. The fourth-order valence-electron chi connectivity index (χ4n) is 1.90. The summed E-state index contributed by atoms with van der Waals surface area (Å²) in [6, 6.07) is 11.2. The number of carbonyl (C=O) groups excluding carboxylic acids is 1. The van der Waals surface area contributed by atoms with Crippen LogP contribution >= 0.6 is 31.9 Å². The molecule has 0 aliphatic rings. The van der Waals surface area contributed by atoms with Crippen LogP contribution in [0, 0.1) is 6.92 Å². The van der Waals surface area contributed by atoms with E-state index in [9.17, 15) is 4.79 Å². The summed E-state index contributed by atoms with van der Waals surface area (Å²) in [7, 11) is 1.59. The van der Waals surface area contributed by atoms with Crippen LogP contribution in [0.25, 0.3) is 0 Å². The normalized spacial score (nSPS) is 10.7. The predicted octanol–water partition coefficient (Wildman–Crippen LogP) is 4.06. The van der Waals surface area contributed by atoms with Gasteiger partial charge < -0.3 is 9.47 Å². The third-order valence-corrected chi connectivity index (χ3v) is 4.16. The molecular weight excluding hydrogens is 440 g/mol. The van der Waals surface area contributed by atoms with Gasteiger partial charge in [-0.25, -0.2) is 5.43 Å². The Balaban J connectivity index is 1.89. The monoisotopic (exact) mass is 454 g/mol. The molecule has 0 spiro atoms. The van der Waals surface area contributed by atoms with Gasteiger partial charge in [-0.1, -0.05) is 12.1 Å². The maximum Gasteiger partial charge on any atom is 0.277 e. The van der Waals surface area contributed by atoms with Crippen LogP contribution in [0.3, 0.4) is 0 Å². The molecule has 0 atom stereocenters. The molecule has 0 unspecified atom stereocenters. The molecule has 0 heterocycles. The summed E-state index contributed by atoms with van der Waals surface area (Å²) < 4.78 is 12.2. The van der Waals surface area contributed by atoms with Gasteiger partial charge in [-0.2, -0.15) is 5.10 Å². The maximum absolute atomic E-state index is 11.8. The lowest BCUT2D eigenvalue weighted by Gasteiger charge is -2.10. The van der Waals surface area contributed by atoms with Crippen LogP contribution < -0.4 is 14.9 Å². The van der Waals surface area contributed by atoms with Gasteiger partial charge in [-0.15, -0.1) is 0 Å². The molecule has 126 valence electrons. The lowest BCUT2D eigenvalue weighted by atomic mass is 10.2. The zero-order valence-corrected chi connectivity index (χ0v) is 16.3. The number of aryl methyl sites for hydroxylation is 1. The number of ether oxygens (including phenoxy) is 2. The topological polar surface area (TPSA) is 59.9 Å². The number of halogens is 2. The Kier molecular flexibility index (Phi) is 6.81. The Morgan fingerprint density at radius 1 is 1.25 bits per heavy atom. The van der Waals surface area contributed by atoms with Crippen LogP contribution in [-0.2, 0) is 4.79 Å². The van der Waals surface area contributed by atoms with Crippen LogP contribution in [0.1, 0.15) is 11.1 Å². The number of benzene rings is 2. The van der Waals surface area contributed by atoms with Crippen LogP contribution in [0.4, 0.5) is 0 Å². The van der Waals surface area contributed by atoms with E-state index in [-0.39, 0.29) is 12.5 Å². The first-order valence-corrected chi connectivity index (χ1v) is 8.62. The summed E-state index contributed by atoms with van der Waals surface area (Å²) in [5.74, 6) is 0.948. The Morgan fingerprint density at radius 3 is 2.62 bits per heavy atom. The van der Waals surface area contributed by atoms with Gasteiger partial charge in [0.15, 0.2) is 6.61 Å². The highest BCUT2D eigenvalue weighted by Gasteiger charge is 2.09. The minimum absolute atomic E-state index is 0.143. The number of hydrazone groups is 1. The van der Waals surface area contributed by atoms with Gasteiger partial charge in [0.2, 0.25) is 0 Å². The summed E-state index contributed by atoms with van der Waals surface area (Å²) in [5, 5.41) is 3.90. The van der Waals surface area contributed by atoms with E-state index in [1.165, 1.54) is 6.21 Å². The zero-order chi connectivity index (χ0) is 17.5. The Bertz CT molecular complexity index is 740. The van der Waals surface area contributed by atoms with Crippen molar-refractivity contribution in [3.63, 3.8) is 0 Å². The summed E-state index contributed by atoms with van der Waals surface area (Å²) in [6.07, 6.45) is 1.54. The molecular formula is C17H16Br2N2O3. The third kappa shape index (κ3) is 5.35. The average molecular weight is 456 g/mol. The van der Waals surface area contributed by atoms with Gasteiger partial charge in [-0.05, 0) is 74.2 Å². The molecule has 1 N–H and O–H groups in total. The van der Waals surface area contributed by atoms with E-state index >= 15 is 0 Å². The summed E-state index contributed by atoms with van der Waals surface area (Å²) in [6.45, 7) is 1.83. The molecule has 2 aromatic rings. The maximum atomic E-state index is 11.8. The van der Waals surface area contributed by atoms with E-state index in [0.717, 1.165) is 25.8 Å². The number of carbonyl (C=O) groups is 1. The number of amides is 1. The molecule has 2 rings (SSSR count). The van der Waals surface area contributed by atoms with Gasteiger partial charge in [-0.3, -0.25) is 4.79 Å². The zero-order valence-electron chi connectivity index (χ0n) is 13.2. The second-order valence-corrected chi connectivity index (χ2v) is 6.62. The van der Waals surface area contributed by atoms with Gasteiger partial charge in [0, 0.05) is 0 Å². The fourth-order valence-corrected chi connectivity index (χ4v) is 3.54. The largest absolute Gasteiger partial charge is 0.497 e. The van der Waals surface area contributed by atoms with E-state index in [1.807, 2.05) is 43.3 Å². The molecule has 0 aromatic heterocycles. The van der Waals surface area contributed by atoms with Crippen molar-refractivity contribution in [3.05, 3.63) is 56.5 Å². The van der Waals surface area contributed by atoms with Gasteiger partial charge in [0.05, 0.1) is 22.3 Å². The van der Waals surface area contributed by atoms with Gasteiger partial charge in [0.1, 0.15) is 11.5 Å². The lowest BCUT2D eigenvalue weighted by Crippen LogP contribution is -2.24. The summed E-state index contributed by atoms with van der Waals surface area (Å²) in [4.78, 5) is 11.8. The smallest absolute Gasteiger partial charge is 0.277 e. The molecule has 5 nitrogen and oxygen atoms in total. The van der Waals surface area contributed by atoms with Crippen molar-refractivity contribution in [2.45, 2.75) is 6.92 Å². The van der Waals surface area contributed by atoms with Crippen LogP contribution in [0.15, 0.2) is 50.4 Å². The van der Waals surface area contributed by atoms with Crippen LogP contribution in [-0.4, -0.2) is 25.8 Å². The third-order valence-electron chi connectivity index (χ3n) is 2.99. The molecule has 0 radical (unpaired) electrons. The highest BCUT2D eigenvalue weighted by atomic mass is 79.9. The molecule has 1 amide bonds. The van der Waals surface area contributed by atoms with E-state index in [0.29, 0.717) is 5.75 Å². The van der Waals surface area contributed by atoms with Gasteiger partial charge >= 0.3 is 0 Å². The summed E-state index contributed by atoms with van der Waals surface area (Å²) in [5.41, 5.74) is 4.32. The Labute approximate surface area is 157 Å². The first-order valence-electron chi connectivity index (χ1n) is 7.04. The quantitative estimate of drug-likeness (QED) is 0.527. The molecule has 0 bridgehead atoms. The number of hydrogen-bond acceptors (Lipinski definition) is 4. The van der Waals surface area contributed by atoms with Crippen molar-refractivity contribution in [3.8, 4) is 11.5 Å². The molecule has 0 fully saturated rings. The van der Waals surface area contributed by atoms with Crippen molar-refractivity contribution in [2.75, 3.05) is 13.7 Å². The number of nitrogens with zero attached hydrogens (tertiary/aromatic N) is 1. The molecule has 0 aliphatic carbocycles. The van der Waals surface area contributed by atoms with Crippen LogP contribution in [0.2, 0.25) is 0 Å². The SMILES string of the molecule is COc1cccc(C=NNC(=O)COc2c(Br)cc(C)cc2Br)c1. The highest BCUT2D eigenvalue weighted by Crippen LogP contribution is 2.34. The van der Waals surface area contributed by atoms with Crippen molar-refractivity contribution in [2.24, 2.45) is 5.10 Å². The van der Waals surface area contributed by atoms with Gasteiger partial charge in [0.25, 0.3) is 5.91 Å². The van der Waals surface area contributed by atoms with Crippen molar-refractivity contribution in [1.29, 1.82) is 0 Å². The number of methoxy groups -OCH3 is 1. The Hall–Kier alpha value is -1.86. The van der Waals surface area contributed by atoms with Crippen molar-refractivity contribution in [1.82, 2.24) is 5.43 Å². The number of nitrogens with one attached hydrogen (secondary N) is 1. The van der Waals surface area contributed by atoms with E-state index < -0.39 is 0 Å². The number of rotatable bonds is 6. The molecule has 0 saturated carbocycles. The minimum Gasteiger partial charge on any atom is -0.497 e. The highest BCUT2D eigenvalue weighted by molar-refractivity contribution is 9.11. The van der Waals surface area contributed by atoms with Crippen molar-refractivity contribution >= 4 is 44.0 Å². The number of hydrogen-bond donors (Lipinski definition) is 1. The second-order valence-electron chi connectivity index (χ2n) is 4.92. The first-order chi connectivity index (χ1) is 11.5. The molecule has 0 saturated heterocycles. The summed E-state index contributed by atoms with van der Waals surface area (Å²) >= 11 is 6.83. The first kappa shape index (κ1) is 18.5. The minimum atomic E-state index is -0.353. The lowest BCUT2D eigenvalue weighted by molar-refractivity contribution is -0.123. The van der Waals surface area contributed by atoms with Crippen LogP contribution in [0.5, 0.6) is 11.5 Å². The van der Waals surface area contributed by atoms with E-state index in [1.54, 1.807) is 7.11 Å². The standard InChI is InChI=1S/C17H16Br2N2O3/c1-11-6-14(18)17(15(19)7-11)24-10-16(22)21-20-9-12-4-3-5-13(8-12)23-2/h3-9H,10H2,1-2H3,(H,21,22). The molecule has 7 heteroatoms.